The molecule has 0 atom stereocenters. The van der Waals surface area contributed by atoms with Gasteiger partial charge in [-0.3, -0.25) is 9.36 Å². The molecule has 0 radical (unpaired) electrons. The third-order valence-electron chi connectivity index (χ3n) is 3.38. The molecule has 0 aliphatic carbocycles. The van der Waals surface area contributed by atoms with Crippen molar-refractivity contribution in [1.29, 1.82) is 0 Å². The van der Waals surface area contributed by atoms with E-state index in [0.29, 0.717) is 5.92 Å². The fourth-order valence-corrected chi connectivity index (χ4v) is 2.32. The van der Waals surface area contributed by atoms with Crippen molar-refractivity contribution in [2.45, 2.75) is 52.9 Å². The first kappa shape index (κ1) is 18.3. The molecule has 0 spiro atoms. The molecule has 0 unspecified atom stereocenters. The highest BCUT2D eigenvalue weighted by Crippen LogP contribution is 2.21. The third kappa shape index (κ3) is 4.64. The van der Waals surface area contributed by atoms with Gasteiger partial charge in [-0.05, 0) is 30.9 Å². The van der Waals surface area contributed by atoms with Crippen molar-refractivity contribution in [2.24, 2.45) is 14.1 Å². The predicted molar refractivity (Wildman–Crippen MR) is 84.3 cm³/mol. The van der Waals surface area contributed by atoms with Crippen LogP contribution >= 0.6 is 0 Å². The minimum absolute atomic E-state index is 0.138. The zero-order chi connectivity index (χ0) is 17.0. The van der Waals surface area contributed by atoms with Crippen LogP contribution in [-0.2, 0) is 14.1 Å². The van der Waals surface area contributed by atoms with Crippen molar-refractivity contribution < 1.29 is 8.78 Å². The molecular formula is C16H26F2N4. The molecule has 2 rings (SSSR count). The Morgan fingerprint density at radius 2 is 1.32 bits per heavy atom. The number of rotatable bonds is 3. The van der Waals surface area contributed by atoms with Crippen LogP contribution in [0.15, 0.2) is 12.1 Å². The maximum atomic E-state index is 12.1. The Bertz CT molecular complexity index is 597. The van der Waals surface area contributed by atoms with Crippen molar-refractivity contribution in [3.8, 4) is 0 Å². The van der Waals surface area contributed by atoms with Gasteiger partial charge in [0, 0.05) is 25.5 Å². The number of hydrogen-bond acceptors (Lipinski definition) is 2. The summed E-state index contributed by atoms with van der Waals surface area (Å²) in [7, 11) is 3.67. The average molecular weight is 312 g/mol. The summed E-state index contributed by atoms with van der Waals surface area (Å²) in [4.78, 5) is 0. The van der Waals surface area contributed by atoms with Crippen molar-refractivity contribution in [3.63, 3.8) is 0 Å². The largest absolute Gasteiger partial charge is 0.282 e. The van der Waals surface area contributed by atoms with Gasteiger partial charge in [0.25, 0.3) is 6.43 Å². The summed E-state index contributed by atoms with van der Waals surface area (Å²) < 4.78 is 27.7. The van der Waals surface area contributed by atoms with Gasteiger partial charge in [-0.15, -0.1) is 0 Å². The zero-order valence-electron chi connectivity index (χ0n) is 14.4. The van der Waals surface area contributed by atoms with Crippen LogP contribution in [0.5, 0.6) is 0 Å². The Morgan fingerprint density at radius 3 is 1.55 bits per heavy atom. The minimum Gasteiger partial charge on any atom is -0.272 e. The van der Waals surface area contributed by atoms with Crippen LogP contribution in [0, 0.1) is 6.92 Å². The first-order chi connectivity index (χ1) is 10.1. The fraction of sp³-hybridized carbons (Fsp3) is 0.625. The van der Waals surface area contributed by atoms with E-state index in [-0.39, 0.29) is 11.6 Å². The molecule has 0 aromatic carbocycles. The number of aryl methyl sites for hydroxylation is 3. The molecule has 22 heavy (non-hydrogen) atoms. The van der Waals surface area contributed by atoms with Crippen LogP contribution in [0.3, 0.4) is 0 Å². The summed E-state index contributed by atoms with van der Waals surface area (Å²) in [5.74, 6) is 0.807. The molecule has 0 amide bonds. The molecule has 0 saturated heterocycles. The van der Waals surface area contributed by atoms with Gasteiger partial charge >= 0.3 is 0 Å². The van der Waals surface area contributed by atoms with E-state index in [0.717, 1.165) is 11.4 Å². The highest BCUT2D eigenvalue weighted by Gasteiger charge is 2.15. The number of alkyl halides is 2. The Kier molecular flexibility index (Phi) is 6.26. The Labute approximate surface area is 131 Å². The average Bonchev–Trinajstić information content (AvgIpc) is 2.93. The number of hydrogen-bond donors (Lipinski definition) is 0. The number of nitrogens with zero attached hydrogens (tertiary/aromatic N) is 4. The van der Waals surface area contributed by atoms with Gasteiger partial charge in [0.1, 0.15) is 5.69 Å². The standard InChI is InChI=1S/C8H12F2N2.C8H14N2/c1-5(2)7-4-6(8(9)10)11-12(7)3;1-6(2)8-5-7(3)9-10(8)4/h4-5,8H,1-3H3;5-6H,1-4H3. The topological polar surface area (TPSA) is 35.6 Å². The lowest BCUT2D eigenvalue weighted by Gasteiger charge is -2.02. The second kappa shape index (κ2) is 7.51. The van der Waals surface area contributed by atoms with Gasteiger partial charge in [-0.1, -0.05) is 27.7 Å². The van der Waals surface area contributed by atoms with E-state index in [1.165, 1.54) is 16.4 Å². The normalized spacial score (nSPS) is 11.3. The third-order valence-corrected chi connectivity index (χ3v) is 3.38. The first-order valence-electron chi connectivity index (χ1n) is 7.46. The lowest BCUT2D eigenvalue weighted by Crippen LogP contribution is -1.99. The van der Waals surface area contributed by atoms with Gasteiger partial charge < -0.3 is 0 Å². The SMILES string of the molecule is CC(C)c1cc(C(F)F)nn1C.Cc1cc(C(C)C)n(C)n1. The summed E-state index contributed by atoms with van der Waals surface area (Å²) in [5, 5.41) is 7.95. The molecule has 0 N–H and O–H groups in total. The Morgan fingerprint density at radius 1 is 0.864 bits per heavy atom. The predicted octanol–water partition coefficient (Wildman–Crippen LogP) is 4.33. The van der Waals surface area contributed by atoms with Crippen LogP contribution in [0.2, 0.25) is 0 Å². The van der Waals surface area contributed by atoms with Crippen molar-refractivity contribution >= 4 is 0 Å². The molecule has 4 nitrogen and oxygen atoms in total. The maximum absolute atomic E-state index is 12.1. The number of aromatic nitrogens is 4. The van der Waals surface area contributed by atoms with Gasteiger partial charge in [0.15, 0.2) is 0 Å². The monoisotopic (exact) mass is 312 g/mol. The van der Waals surface area contributed by atoms with E-state index >= 15 is 0 Å². The molecular weight excluding hydrogens is 286 g/mol. The molecule has 0 bridgehead atoms. The first-order valence-corrected chi connectivity index (χ1v) is 7.46. The molecule has 2 aromatic rings. The smallest absolute Gasteiger partial charge is 0.272 e. The van der Waals surface area contributed by atoms with E-state index in [9.17, 15) is 8.78 Å². The molecule has 0 saturated carbocycles. The summed E-state index contributed by atoms with van der Waals surface area (Å²) in [5.41, 5.74) is 3.11. The maximum Gasteiger partial charge on any atom is 0.282 e. The minimum atomic E-state index is -2.47. The molecule has 2 aromatic heterocycles. The van der Waals surface area contributed by atoms with E-state index in [2.05, 4.69) is 30.1 Å². The van der Waals surface area contributed by atoms with E-state index in [1.807, 2.05) is 32.5 Å². The molecule has 0 aliphatic rings. The second-order valence-corrected chi connectivity index (χ2v) is 6.06. The van der Waals surface area contributed by atoms with Gasteiger partial charge in [0.2, 0.25) is 0 Å². The zero-order valence-corrected chi connectivity index (χ0v) is 14.4. The van der Waals surface area contributed by atoms with Crippen LogP contribution in [0.1, 0.15) is 68.7 Å². The quantitative estimate of drug-likeness (QED) is 0.845. The van der Waals surface area contributed by atoms with Gasteiger partial charge in [0.05, 0.1) is 5.69 Å². The van der Waals surface area contributed by atoms with E-state index in [1.54, 1.807) is 7.05 Å². The van der Waals surface area contributed by atoms with Gasteiger partial charge in [-0.2, -0.15) is 10.2 Å². The lowest BCUT2D eigenvalue weighted by atomic mass is 10.1. The highest BCUT2D eigenvalue weighted by molar-refractivity contribution is 5.14. The number of halogens is 2. The summed E-state index contributed by atoms with van der Waals surface area (Å²) in [6.45, 7) is 10.3. The van der Waals surface area contributed by atoms with Crippen molar-refractivity contribution in [3.05, 3.63) is 34.9 Å². The molecule has 0 fully saturated rings. The molecule has 2 heterocycles. The van der Waals surface area contributed by atoms with Crippen LogP contribution in [-0.4, -0.2) is 19.6 Å². The lowest BCUT2D eigenvalue weighted by molar-refractivity contribution is 0.145. The Hall–Kier alpha value is -1.72. The molecule has 6 heteroatoms. The molecule has 0 aliphatic heterocycles. The van der Waals surface area contributed by atoms with Crippen LogP contribution < -0.4 is 0 Å². The van der Waals surface area contributed by atoms with E-state index < -0.39 is 6.43 Å². The van der Waals surface area contributed by atoms with Gasteiger partial charge in [-0.25, -0.2) is 8.78 Å². The summed E-state index contributed by atoms with van der Waals surface area (Å²) >= 11 is 0. The summed E-state index contributed by atoms with van der Waals surface area (Å²) in [6.07, 6.45) is -2.47. The summed E-state index contributed by atoms with van der Waals surface area (Å²) in [6, 6.07) is 3.58. The highest BCUT2D eigenvalue weighted by atomic mass is 19.3. The van der Waals surface area contributed by atoms with Crippen molar-refractivity contribution in [2.75, 3.05) is 0 Å². The van der Waals surface area contributed by atoms with E-state index in [4.69, 9.17) is 0 Å². The van der Waals surface area contributed by atoms with Crippen LogP contribution in [0.4, 0.5) is 8.78 Å². The van der Waals surface area contributed by atoms with Crippen molar-refractivity contribution in [1.82, 2.24) is 19.6 Å². The second-order valence-electron chi connectivity index (χ2n) is 6.06. The Balaban J connectivity index is 0.000000224. The van der Waals surface area contributed by atoms with Crippen LogP contribution in [0.25, 0.3) is 0 Å². The molecule has 124 valence electrons. The fourth-order valence-electron chi connectivity index (χ4n) is 2.32.